The molecule has 0 fully saturated rings. The monoisotopic (exact) mass is 315 g/mol. The van der Waals surface area contributed by atoms with Gasteiger partial charge in [0, 0.05) is 12.6 Å². The molecule has 0 saturated heterocycles. The van der Waals surface area contributed by atoms with E-state index in [0.29, 0.717) is 11.6 Å². The van der Waals surface area contributed by atoms with Gasteiger partial charge in [0.2, 0.25) is 0 Å². The van der Waals surface area contributed by atoms with Gasteiger partial charge in [-0.05, 0) is 39.2 Å². The van der Waals surface area contributed by atoms with Crippen LogP contribution in [0.15, 0.2) is 30.5 Å². The number of hydrogen-bond acceptors (Lipinski definition) is 7. The quantitative estimate of drug-likeness (QED) is 0.619. The van der Waals surface area contributed by atoms with Crippen molar-refractivity contribution >= 4 is 17.1 Å². The van der Waals surface area contributed by atoms with E-state index in [4.69, 9.17) is 4.74 Å². The van der Waals surface area contributed by atoms with Gasteiger partial charge in [-0.1, -0.05) is 0 Å². The highest BCUT2D eigenvalue weighted by atomic mass is 16.6. The Kier molecular flexibility index (Phi) is 4.07. The van der Waals surface area contributed by atoms with Crippen LogP contribution in [0.3, 0.4) is 0 Å². The van der Waals surface area contributed by atoms with Gasteiger partial charge < -0.3 is 14.5 Å². The van der Waals surface area contributed by atoms with Crippen LogP contribution >= 0.6 is 0 Å². The Hall–Kier alpha value is -2.74. The molecule has 8 nitrogen and oxygen atoms in total. The number of non-ortho nitro benzene ring substituents is 1. The van der Waals surface area contributed by atoms with Crippen molar-refractivity contribution in [2.75, 3.05) is 32.1 Å². The summed E-state index contributed by atoms with van der Waals surface area (Å²) in [6.07, 6.45) is 2.54. The van der Waals surface area contributed by atoms with Crippen molar-refractivity contribution in [2.24, 2.45) is 0 Å². The van der Waals surface area contributed by atoms with Crippen molar-refractivity contribution in [3.63, 3.8) is 0 Å². The zero-order chi connectivity index (χ0) is 16.4. The van der Waals surface area contributed by atoms with Crippen LogP contribution in [0.2, 0.25) is 0 Å². The topological polar surface area (TPSA) is 84.6 Å². The Bertz CT molecular complexity index is 735. The van der Waals surface area contributed by atoms with Gasteiger partial charge in [0.05, 0.1) is 22.9 Å². The second-order valence-corrected chi connectivity index (χ2v) is 5.54. The first-order valence-electron chi connectivity index (χ1n) is 7.26. The smallest absolute Gasteiger partial charge is 0.273 e. The predicted molar refractivity (Wildman–Crippen MR) is 85.4 cm³/mol. The van der Waals surface area contributed by atoms with E-state index in [9.17, 15) is 10.1 Å². The van der Waals surface area contributed by atoms with E-state index < -0.39 is 4.92 Å². The Labute approximate surface area is 133 Å². The summed E-state index contributed by atoms with van der Waals surface area (Å²) in [5.41, 5.74) is 1.61. The lowest BCUT2D eigenvalue weighted by Gasteiger charge is -2.31. The number of benzene rings is 1. The molecule has 0 amide bonds. The van der Waals surface area contributed by atoms with Gasteiger partial charge in [0.25, 0.3) is 11.6 Å². The summed E-state index contributed by atoms with van der Waals surface area (Å²) in [5.74, 6) is 0.794. The normalized spacial score (nSPS) is 12.6. The molecule has 0 aliphatic carbocycles. The van der Waals surface area contributed by atoms with Crippen molar-refractivity contribution in [3.05, 3.63) is 40.6 Å². The molecule has 23 heavy (non-hydrogen) atoms. The summed E-state index contributed by atoms with van der Waals surface area (Å²) in [6, 6.07) is 6.46. The molecule has 2 heterocycles. The minimum Gasteiger partial charge on any atom is -0.434 e. The van der Waals surface area contributed by atoms with Gasteiger partial charge >= 0.3 is 0 Å². The fourth-order valence-corrected chi connectivity index (χ4v) is 2.53. The maximum absolute atomic E-state index is 11.0. The molecule has 120 valence electrons. The molecule has 8 heteroatoms. The van der Waals surface area contributed by atoms with Crippen molar-refractivity contribution < 1.29 is 9.66 Å². The SMILES string of the molecule is CN(C)CCCN1c2ccc([N+](=O)[O-])cc2Oc2nnccc21. The number of nitro benzene ring substituents is 1. The second kappa shape index (κ2) is 6.17. The number of aromatic nitrogens is 2. The maximum Gasteiger partial charge on any atom is 0.273 e. The third kappa shape index (κ3) is 3.07. The fourth-order valence-electron chi connectivity index (χ4n) is 2.53. The lowest BCUT2D eigenvalue weighted by Crippen LogP contribution is -2.26. The van der Waals surface area contributed by atoms with Crippen molar-refractivity contribution in [1.29, 1.82) is 0 Å². The first-order chi connectivity index (χ1) is 11.1. The number of anilines is 2. The molecule has 0 unspecified atom stereocenters. The summed E-state index contributed by atoms with van der Waals surface area (Å²) in [7, 11) is 4.05. The molecule has 1 aliphatic rings. The predicted octanol–water partition coefficient (Wildman–Crippen LogP) is 2.58. The molecule has 0 bridgehead atoms. The van der Waals surface area contributed by atoms with E-state index in [2.05, 4.69) is 20.0 Å². The number of hydrogen-bond donors (Lipinski definition) is 0. The molecule has 0 radical (unpaired) electrons. The fraction of sp³-hybridized carbons (Fsp3) is 0.333. The summed E-state index contributed by atoms with van der Waals surface area (Å²) in [4.78, 5) is 14.7. The molecule has 0 saturated carbocycles. The molecule has 3 rings (SSSR count). The number of ether oxygens (including phenoxy) is 1. The minimum absolute atomic E-state index is 0.00988. The minimum atomic E-state index is -0.438. The van der Waals surface area contributed by atoms with E-state index >= 15 is 0 Å². The van der Waals surface area contributed by atoms with Gasteiger partial charge in [-0.15, -0.1) is 5.10 Å². The third-order valence-corrected chi connectivity index (χ3v) is 3.60. The summed E-state index contributed by atoms with van der Waals surface area (Å²) in [5, 5.41) is 18.8. The van der Waals surface area contributed by atoms with Gasteiger partial charge in [-0.3, -0.25) is 10.1 Å². The van der Waals surface area contributed by atoms with E-state index in [0.717, 1.165) is 30.9 Å². The molecule has 0 atom stereocenters. The lowest BCUT2D eigenvalue weighted by atomic mass is 10.2. The van der Waals surface area contributed by atoms with E-state index in [1.165, 1.54) is 12.1 Å². The molecule has 0 N–H and O–H groups in total. The van der Waals surface area contributed by atoms with E-state index in [-0.39, 0.29) is 5.69 Å². The largest absolute Gasteiger partial charge is 0.434 e. The number of nitro groups is 1. The zero-order valence-electron chi connectivity index (χ0n) is 13.0. The summed E-state index contributed by atoms with van der Waals surface area (Å²) >= 11 is 0. The van der Waals surface area contributed by atoms with Gasteiger partial charge in [0.15, 0.2) is 5.75 Å². The molecule has 1 aliphatic heterocycles. The highest BCUT2D eigenvalue weighted by Gasteiger charge is 2.27. The highest BCUT2D eigenvalue weighted by Crippen LogP contribution is 2.46. The maximum atomic E-state index is 11.0. The highest BCUT2D eigenvalue weighted by molar-refractivity contribution is 5.77. The van der Waals surface area contributed by atoms with Crippen molar-refractivity contribution in [1.82, 2.24) is 15.1 Å². The molecular weight excluding hydrogens is 298 g/mol. The lowest BCUT2D eigenvalue weighted by molar-refractivity contribution is -0.384. The van der Waals surface area contributed by atoms with Crippen LogP contribution in [0.4, 0.5) is 17.1 Å². The van der Waals surface area contributed by atoms with Crippen LogP contribution in [0, 0.1) is 10.1 Å². The Balaban J connectivity index is 1.96. The Morgan fingerprint density at radius 3 is 2.87 bits per heavy atom. The van der Waals surface area contributed by atoms with Crippen LogP contribution in [0.25, 0.3) is 0 Å². The zero-order valence-corrected chi connectivity index (χ0v) is 13.0. The van der Waals surface area contributed by atoms with Crippen LogP contribution in [-0.4, -0.2) is 47.2 Å². The molecule has 2 aromatic rings. The Morgan fingerprint density at radius 2 is 2.13 bits per heavy atom. The van der Waals surface area contributed by atoms with Crippen molar-refractivity contribution in [2.45, 2.75) is 6.42 Å². The van der Waals surface area contributed by atoms with Crippen LogP contribution in [0.1, 0.15) is 6.42 Å². The van der Waals surface area contributed by atoms with Gasteiger partial charge in [-0.2, -0.15) is 5.10 Å². The molecule has 1 aromatic heterocycles. The summed E-state index contributed by atoms with van der Waals surface area (Å²) < 4.78 is 5.70. The van der Waals surface area contributed by atoms with E-state index in [1.807, 2.05) is 20.2 Å². The number of fused-ring (bicyclic) bond motifs is 2. The van der Waals surface area contributed by atoms with Crippen molar-refractivity contribution in [3.8, 4) is 11.6 Å². The van der Waals surface area contributed by atoms with E-state index in [1.54, 1.807) is 12.3 Å². The Morgan fingerprint density at radius 1 is 1.30 bits per heavy atom. The second-order valence-electron chi connectivity index (χ2n) is 5.54. The van der Waals surface area contributed by atoms with Crippen LogP contribution in [-0.2, 0) is 0 Å². The van der Waals surface area contributed by atoms with Gasteiger partial charge in [-0.25, -0.2) is 0 Å². The van der Waals surface area contributed by atoms with Crippen LogP contribution < -0.4 is 9.64 Å². The average molecular weight is 315 g/mol. The number of rotatable bonds is 5. The molecule has 1 aromatic carbocycles. The average Bonchev–Trinajstić information content (AvgIpc) is 2.53. The van der Waals surface area contributed by atoms with Gasteiger partial charge in [0.1, 0.15) is 5.69 Å². The molecular formula is C15H17N5O3. The molecule has 0 spiro atoms. The third-order valence-electron chi connectivity index (χ3n) is 3.60. The number of nitrogens with zero attached hydrogens (tertiary/aromatic N) is 5. The summed E-state index contributed by atoms with van der Waals surface area (Å²) in [6.45, 7) is 1.69. The first-order valence-corrected chi connectivity index (χ1v) is 7.26. The van der Waals surface area contributed by atoms with Crippen LogP contribution in [0.5, 0.6) is 11.6 Å². The first kappa shape index (κ1) is 15.2. The standard InChI is InChI=1S/C15H17N5O3/c1-18(2)8-3-9-19-12-5-4-11(20(21)22)10-14(12)23-15-13(19)6-7-16-17-15/h4-7,10H,3,8-9H2,1-2H3.